The van der Waals surface area contributed by atoms with Gasteiger partial charge in [0.15, 0.2) is 0 Å². The van der Waals surface area contributed by atoms with E-state index in [9.17, 15) is 4.79 Å². The number of carbonyl (C=O) groups excluding carboxylic acids is 1. The van der Waals surface area contributed by atoms with Gasteiger partial charge in [-0.05, 0) is 19.3 Å². The molecule has 1 amide bonds. The van der Waals surface area contributed by atoms with Crippen LogP contribution in [0.5, 0.6) is 0 Å². The molecule has 0 atom stereocenters. The Balaban J connectivity index is 2.66. The molecule has 0 unspecified atom stereocenters. The van der Waals surface area contributed by atoms with Gasteiger partial charge in [0.25, 0.3) is 0 Å². The number of carbonyl (C=O) groups is 1. The van der Waals surface area contributed by atoms with Crippen LogP contribution in [0.1, 0.15) is 39.2 Å². The first kappa shape index (κ1) is 16.2. The Bertz CT molecular complexity index is 422. The van der Waals surface area contributed by atoms with Crippen molar-refractivity contribution in [1.82, 2.24) is 15.3 Å². The topological polar surface area (TPSA) is 78.9 Å². The number of nitrogens with one attached hydrogen (secondary N) is 3. The summed E-state index contributed by atoms with van der Waals surface area (Å²) in [6.07, 6.45) is 4.30. The Morgan fingerprint density at radius 1 is 1.05 bits per heavy atom. The lowest BCUT2D eigenvalue weighted by atomic mass is 10.2. The minimum absolute atomic E-state index is 0.0180. The van der Waals surface area contributed by atoms with E-state index in [1.807, 2.05) is 6.92 Å². The van der Waals surface area contributed by atoms with Crippen molar-refractivity contribution in [1.29, 1.82) is 0 Å². The van der Waals surface area contributed by atoms with Crippen LogP contribution < -0.4 is 16.0 Å². The Morgan fingerprint density at radius 3 is 2.30 bits per heavy atom. The van der Waals surface area contributed by atoms with Gasteiger partial charge in [0, 0.05) is 18.7 Å². The first-order chi connectivity index (χ1) is 9.72. The molecule has 1 aromatic rings. The van der Waals surface area contributed by atoms with E-state index in [0.29, 0.717) is 6.54 Å². The molecule has 0 bridgehead atoms. The minimum Gasteiger partial charge on any atom is -0.370 e. The molecule has 1 rings (SSSR count). The van der Waals surface area contributed by atoms with Gasteiger partial charge in [-0.25, -0.2) is 9.97 Å². The van der Waals surface area contributed by atoms with Crippen molar-refractivity contribution in [2.75, 3.05) is 30.3 Å². The summed E-state index contributed by atoms with van der Waals surface area (Å²) in [5, 5.41) is 9.20. The third-order valence-corrected chi connectivity index (χ3v) is 2.83. The second-order valence-electron chi connectivity index (χ2n) is 4.53. The molecule has 112 valence electrons. The summed E-state index contributed by atoms with van der Waals surface area (Å²) < 4.78 is 0. The van der Waals surface area contributed by atoms with E-state index >= 15 is 0 Å². The van der Waals surface area contributed by atoms with Gasteiger partial charge in [-0.3, -0.25) is 4.79 Å². The zero-order valence-corrected chi connectivity index (χ0v) is 12.6. The van der Waals surface area contributed by atoms with E-state index in [0.717, 1.165) is 43.0 Å². The highest BCUT2D eigenvalue weighted by Crippen LogP contribution is 2.20. The van der Waals surface area contributed by atoms with E-state index in [-0.39, 0.29) is 12.5 Å². The predicted molar refractivity (Wildman–Crippen MR) is 82.0 cm³/mol. The lowest BCUT2D eigenvalue weighted by Gasteiger charge is -2.14. The molecule has 6 heteroatoms. The lowest BCUT2D eigenvalue weighted by Crippen LogP contribution is -2.30. The fourth-order valence-corrected chi connectivity index (χ4v) is 1.79. The fourth-order valence-electron chi connectivity index (χ4n) is 1.79. The highest BCUT2D eigenvalue weighted by atomic mass is 16.1. The predicted octanol–water partition coefficient (Wildman–Crippen LogP) is 1.80. The zero-order chi connectivity index (χ0) is 14.8. The Labute approximate surface area is 120 Å². The van der Waals surface area contributed by atoms with Crippen molar-refractivity contribution in [3.05, 3.63) is 11.9 Å². The van der Waals surface area contributed by atoms with Gasteiger partial charge >= 0.3 is 0 Å². The number of rotatable bonds is 9. The number of amides is 1. The molecule has 0 spiro atoms. The summed E-state index contributed by atoms with van der Waals surface area (Å²) >= 11 is 0. The first-order valence-electron chi connectivity index (χ1n) is 7.31. The third-order valence-electron chi connectivity index (χ3n) is 2.83. The molecule has 0 aliphatic rings. The molecule has 3 N–H and O–H groups in total. The zero-order valence-electron chi connectivity index (χ0n) is 12.6. The number of hydrogen-bond donors (Lipinski definition) is 3. The Kier molecular flexibility index (Phi) is 7.39. The summed E-state index contributed by atoms with van der Waals surface area (Å²) in [4.78, 5) is 20.1. The molecule has 0 aliphatic carbocycles. The second kappa shape index (κ2) is 9.12. The van der Waals surface area contributed by atoms with Crippen LogP contribution in [0, 0.1) is 0 Å². The van der Waals surface area contributed by atoms with E-state index in [1.54, 1.807) is 0 Å². The average Bonchev–Trinajstić information content (AvgIpc) is 2.48. The molecule has 0 aromatic carbocycles. The van der Waals surface area contributed by atoms with E-state index < -0.39 is 0 Å². The summed E-state index contributed by atoms with van der Waals surface area (Å²) in [6.45, 7) is 8.00. The molecule has 0 radical (unpaired) electrons. The molecule has 0 saturated heterocycles. The lowest BCUT2D eigenvalue weighted by molar-refractivity contribution is -0.119. The van der Waals surface area contributed by atoms with Crippen LogP contribution >= 0.6 is 0 Å². The fraction of sp³-hybridized carbons (Fsp3) is 0.643. The first-order valence-corrected chi connectivity index (χ1v) is 7.31. The van der Waals surface area contributed by atoms with Crippen LogP contribution in [0.25, 0.3) is 0 Å². The second-order valence-corrected chi connectivity index (χ2v) is 4.53. The van der Waals surface area contributed by atoms with Crippen LogP contribution in [-0.2, 0) is 11.2 Å². The maximum Gasteiger partial charge on any atom is 0.239 e. The Morgan fingerprint density at radius 2 is 1.70 bits per heavy atom. The van der Waals surface area contributed by atoms with Gasteiger partial charge in [-0.1, -0.05) is 20.8 Å². The number of nitrogens with zero attached hydrogens (tertiary/aromatic N) is 2. The molecule has 6 nitrogen and oxygen atoms in total. The number of hydrogen-bond acceptors (Lipinski definition) is 5. The van der Waals surface area contributed by atoms with Gasteiger partial charge in [-0.15, -0.1) is 0 Å². The summed E-state index contributed by atoms with van der Waals surface area (Å²) in [6, 6.07) is 0. The van der Waals surface area contributed by atoms with Gasteiger partial charge in [-0.2, -0.15) is 0 Å². The van der Waals surface area contributed by atoms with Crippen molar-refractivity contribution in [3.63, 3.8) is 0 Å². The maximum atomic E-state index is 11.6. The van der Waals surface area contributed by atoms with E-state index in [1.165, 1.54) is 6.33 Å². The van der Waals surface area contributed by atoms with Crippen molar-refractivity contribution in [2.24, 2.45) is 0 Å². The number of anilines is 2. The van der Waals surface area contributed by atoms with E-state index in [2.05, 4.69) is 39.8 Å². The summed E-state index contributed by atoms with van der Waals surface area (Å²) in [7, 11) is 0. The van der Waals surface area contributed by atoms with Crippen molar-refractivity contribution >= 4 is 17.5 Å². The monoisotopic (exact) mass is 279 g/mol. The van der Waals surface area contributed by atoms with Crippen LogP contribution in [0.4, 0.5) is 11.6 Å². The minimum atomic E-state index is -0.0180. The largest absolute Gasteiger partial charge is 0.370 e. The van der Waals surface area contributed by atoms with Gasteiger partial charge in [0.05, 0.1) is 6.54 Å². The van der Waals surface area contributed by atoms with Gasteiger partial charge in [0.1, 0.15) is 18.0 Å². The van der Waals surface area contributed by atoms with Gasteiger partial charge < -0.3 is 16.0 Å². The molecule has 1 heterocycles. The third kappa shape index (κ3) is 5.03. The SMILES string of the molecule is CCCNC(=O)CNc1ncnc(NCCC)c1CC. The average molecular weight is 279 g/mol. The quantitative estimate of drug-likeness (QED) is 0.642. The highest BCUT2D eigenvalue weighted by molar-refractivity contribution is 5.80. The summed E-state index contributed by atoms with van der Waals surface area (Å²) in [5.41, 5.74) is 1.02. The molecule has 0 saturated carbocycles. The van der Waals surface area contributed by atoms with Crippen molar-refractivity contribution < 1.29 is 4.79 Å². The van der Waals surface area contributed by atoms with E-state index in [4.69, 9.17) is 0 Å². The van der Waals surface area contributed by atoms with Crippen LogP contribution in [-0.4, -0.2) is 35.5 Å². The molecule has 0 aliphatic heterocycles. The molecular formula is C14H25N5O. The molecule has 1 aromatic heterocycles. The summed E-state index contributed by atoms with van der Waals surface area (Å²) in [5.74, 6) is 1.56. The molecule has 0 fully saturated rings. The molecule has 20 heavy (non-hydrogen) atoms. The normalized spacial score (nSPS) is 10.2. The number of aromatic nitrogens is 2. The maximum absolute atomic E-state index is 11.6. The Hall–Kier alpha value is -1.85. The van der Waals surface area contributed by atoms with Gasteiger partial charge in [0.2, 0.25) is 5.91 Å². The molecular weight excluding hydrogens is 254 g/mol. The van der Waals surface area contributed by atoms with Crippen LogP contribution in [0.2, 0.25) is 0 Å². The van der Waals surface area contributed by atoms with Crippen molar-refractivity contribution in [3.8, 4) is 0 Å². The standard InChI is InChI=1S/C14H25N5O/c1-4-7-15-12(20)9-17-14-11(6-3)13(16-8-5-2)18-10-19-14/h10H,4-9H2,1-3H3,(H,15,20)(H2,16,17,18,19). The van der Waals surface area contributed by atoms with Crippen molar-refractivity contribution in [2.45, 2.75) is 40.0 Å². The van der Waals surface area contributed by atoms with Crippen LogP contribution in [0.3, 0.4) is 0 Å². The highest BCUT2D eigenvalue weighted by Gasteiger charge is 2.10. The smallest absolute Gasteiger partial charge is 0.239 e. The van der Waals surface area contributed by atoms with Crippen LogP contribution in [0.15, 0.2) is 6.33 Å².